The van der Waals surface area contributed by atoms with Crippen LogP contribution in [0.2, 0.25) is 0 Å². The second kappa shape index (κ2) is 5.56. The van der Waals surface area contributed by atoms with E-state index < -0.39 is 29.9 Å². The molecule has 1 aliphatic rings. The number of amides is 4. The van der Waals surface area contributed by atoms with Crippen molar-refractivity contribution < 1.29 is 18.9 Å². The van der Waals surface area contributed by atoms with Gasteiger partial charge in [0.25, 0.3) is 5.91 Å². The summed E-state index contributed by atoms with van der Waals surface area (Å²) < 4.78 is 4.59. The molecule has 1 atom stereocenters. The van der Waals surface area contributed by atoms with Crippen molar-refractivity contribution in [1.29, 1.82) is 0 Å². The lowest BCUT2D eigenvalue weighted by molar-refractivity contribution is -0.133. The Balaban J connectivity index is 1.75. The summed E-state index contributed by atoms with van der Waals surface area (Å²) in [6, 6.07) is 9.71. The zero-order chi connectivity index (χ0) is 16.4. The molecule has 1 unspecified atom stereocenters. The molecule has 1 fully saturated rings. The van der Waals surface area contributed by atoms with E-state index in [9.17, 15) is 14.4 Å². The SMILES string of the molecule is CC1(c2ccccc2)NC(=O)N(CC(=O)Nc2ccon2)C1=O. The Hall–Kier alpha value is -3.16. The third-order valence-corrected chi connectivity index (χ3v) is 3.63. The van der Waals surface area contributed by atoms with E-state index in [1.807, 2.05) is 6.07 Å². The average molecular weight is 314 g/mol. The van der Waals surface area contributed by atoms with Crippen LogP contribution in [0.3, 0.4) is 0 Å². The Labute approximate surface area is 131 Å². The van der Waals surface area contributed by atoms with Crippen LogP contribution >= 0.6 is 0 Å². The highest BCUT2D eigenvalue weighted by Crippen LogP contribution is 2.28. The summed E-state index contributed by atoms with van der Waals surface area (Å²) in [6.45, 7) is 1.21. The van der Waals surface area contributed by atoms with Gasteiger partial charge >= 0.3 is 6.03 Å². The lowest BCUT2D eigenvalue weighted by atomic mass is 9.92. The molecule has 4 amide bonds. The molecule has 0 radical (unpaired) electrons. The van der Waals surface area contributed by atoms with Crippen LogP contribution in [0, 0.1) is 0 Å². The summed E-state index contributed by atoms with van der Waals surface area (Å²) in [7, 11) is 0. The summed E-state index contributed by atoms with van der Waals surface area (Å²) in [5.74, 6) is -0.809. The predicted octanol–water partition coefficient (Wildman–Crippen LogP) is 1.08. The molecule has 0 spiro atoms. The average Bonchev–Trinajstić information content (AvgIpc) is 3.11. The van der Waals surface area contributed by atoms with Gasteiger partial charge in [0.2, 0.25) is 5.91 Å². The fraction of sp³-hybridized carbons (Fsp3) is 0.200. The lowest BCUT2D eigenvalue weighted by Crippen LogP contribution is -2.42. The number of hydrogen-bond donors (Lipinski definition) is 2. The number of nitrogens with one attached hydrogen (secondary N) is 2. The Kier molecular flexibility index (Phi) is 3.57. The summed E-state index contributed by atoms with van der Waals surface area (Å²) in [5, 5.41) is 8.61. The van der Waals surface area contributed by atoms with Crippen LogP contribution in [-0.4, -0.2) is 34.4 Å². The highest BCUT2D eigenvalue weighted by atomic mass is 16.5. The molecule has 1 aliphatic heterocycles. The van der Waals surface area contributed by atoms with Crippen molar-refractivity contribution in [3.8, 4) is 0 Å². The largest absolute Gasteiger partial charge is 0.363 e. The lowest BCUT2D eigenvalue weighted by Gasteiger charge is -2.21. The first-order valence-corrected chi connectivity index (χ1v) is 6.90. The number of nitrogens with zero attached hydrogens (tertiary/aromatic N) is 2. The second-order valence-electron chi connectivity index (χ2n) is 5.25. The van der Waals surface area contributed by atoms with E-state index in [2.05, 4.69) is 20.3 Å². The van der Waals surface area contributed by atoms with Gasteiger partial charge in [0.1, 0.15) is 18.3 Å². The van der Waals surface area contributed by atoms with Gasteiger partial charge in [0, 0.05) is 6.07 Å². The Morgan fingerprint density at radius 2 is 2.04 bits per heavy atom. The number of rotatable bonds is 4. The summed E-state index contributed by atoms with van der Waals surface area (Å²) in [5.41, 5.74) is -0.537. The van der Waals surface area contributed by atoms with E-state index in [0.29, 0.717) is 5.56 Å². The van der Waals surface area contributed by atoms with E-state index >= 15 is 0 Å². The number of benzene rings is 1. The second-order valence-corrected chi connectivity index (χ2v) is 5.25. The number of aromatic nitrogens is 1. The number of anilines is 1. The van der Waals surface area contributed by atoms with Crippen LogP contribution in [0.5, 0.6) is 0 Å². The van der Waals surface area contributed by atoms with E-state index in [4.69, 9.17) is 0 Å². The standard InChI is InChI=1S/C15H14N4O4/c1-15(10-5-3-2-4-6-10)13(21)19(14(22)17-15)9-12(20)16-11-7-8-23-18-11/h2-8H,9H2,1H3,(H,17,22)(H,16,18,20). The number of urea groups is 1. The molecule has 1 aromatic carbocycles. The third-order valence-electron chi connectivity index (χ3n) is 3.63. The molecular formula is C15H14N4O4. The monoisotopic (exact) mass is 314 g/mol. The van der Waals surface area contributed by atoms with Gasteiger partial charge in [0.15, 0.2) is 5.82 Å². The number of carbonyl (C=O) groups excluding carboxylic acids is 3. The molecule has 23 heavy (non-hydrogen) atoms. The van der Waals surface area contributed by atoms with E-state index in [0.717, 1.165) is 4.90 Å². The van der Waals surface area contributed by atoms with Crippen molar-refractivity contribution >= 4 is 23.7 Å². The quantitative estimate of drug-likeness (QED) is 0.822. The molecule has 0 bridgehead atoms. The minimum Gasteiger partial charge on any atom is -0.363 e. The molecule has 0 saturated carbocycles. The van der Waals surface area contributed by atoms with Gasteiger partial charge in [-0.25, -0.2) is 4.79 Å². The molecule has 0 aliphatic carbocycles. The van der Waals surface area contributed by atoms with Gasteiger partial charge in [-0.15, -0.1) is 0 Å². The summed E-state index contributed by atoms with van der Waals surface area (Å²) >= 11 is 0. The minimum atomic E-state index is -1.19. The maximum Gasteiger partial charge on any atom is 0.325 e. The summed E-state index contributed by atoms with van der Waals surface area (Å²) in [6.07, 6.45) is 1.30. The molecule has 118 valence electrons. The molecule has 8 heteroatoms. The molecule has 1 saturated heterocycles. The highest BCUT2D eigenvalue weighted by Gasteiger charge is 2.49. The first-order chi connectivity index (χ1) is 11.0. The number of carbonyl (C=O) groups is 3. The van der Waals surface area contributed by atoms with E-state index in [1.165, 1.54) is 12.3 Å². The Morgan fingerprint density at radius 3 is 2.70 bits per heavy atom. The van der Waals surface area contributed by atoms with E-state index in [1.54, 1.807) is 31.2 Å². The zero-order valence-corrected chi connectivity index (χ0v) is 12.3. The van der Waals surface area contributed by atoms with Crippen LogP contribution in [0.1, 0.15) is 12.5 Å². The van der Waals surface area contributed by atoms with Crippen molar-refractivity contribution in [1.82, 2.24) is 15.4 Å². The molecular weight excluding hydrogens is 300 g/mol. The fourth-order valence-corrected chi connectivity index (χ4v) is 2.41. The topological polar surface area (TPSA) is 105 Å². The Morgan fingerprint density at radius 1 is 1.30 bits per heavy atom. The number of imide groups is 1. The van der Waals surface area contributed by atoms with Crippen LogP contribution in [0.25, 0.3) is 0 Å². The highest BCUT2D eigenvalue weighted by molar-refractivity contribution is 6.10. The van der Waals surface area contributed by atoms with E-state index in [-0.39, 0.29) is 5.82 Å². The van der Waals surface area contributed by atoms with Crippen molar-refractivity contribution in [3.05, 3.63) is 48.2 Å². The van der Waals surface area contributed by atoms with Gasteiger partial charge in [-0.1, -0.05) is 35.5 Å². The minimum absolute atomic E-state index is 0.216. The van der Waals surface area contributed by atoms with Gasteiger partial charge in [0.05, 0.1) is 0 Å². The van der Waals surface area contributed by atoms with Crippen LogP contribution in [0.15, 0.2) is 47.2 Å². The third kappa shape index (κ3) is 2.66. The zero-order valence-electron chi connectivity index (χ0n) is 12.3. The first kappa shape index (κ1) is 14.8. The molecule has 3 rings (SSSR count). The molecule has 1 aromatic heterocycles. The van der Waals surface area contributed by atoms with Crippen LogP contribution in [0.4, 0.5) is 10.6 Å². The maximum absolute atomic E-state index is 12.6. The van der Waals surface area contributed by atoms with Crippen molar-refractivity contribution in [2.75, 3.05) is 11.9 Å². The maximum atomic E-state index is 12.6. The van der Waals surface area contributed by atoms with Crippen LogP contribution in [-0.2, 0) is 15.1 Å². The van der Waals surface area contributed by atoms with Gasteiger partial charge in [-0.3, -0.25) is 14.5 Å². The predicted molar refractivity (Wildman–Crippen MR) is 79.2 cm³/mol. The molecule has 2 aromatic rings. The van der Waals surface area contributed by atoms with Crippen molar-refractivity contribution in [2.24, 2.45) is 0 Å². The summed E-state index contributed by atoms with van der Waals surface area (Å²) in [4.78, 5) is 37.5. The van der Waals surface area contributed by atoms with Crippen LogP contribution < -0.4 is 10.6 Å². The smallest absolute Gasteiger partial charge is 0.325 e. The number of hydrogen-bond acceptors (Lipinski definition) is 5. The molecule has 8 nitrogen and oxygen atoms in total. The van der Waals surface area contributed by atoms with Crippen molar-refractivity contribution in [2.45, 2.75) is 12.5 Å². The van der Waals surface area contributed by atoms with Gasteiger partial charge in [-0.2, -0.15) is 0 Å². The Bertz CT molecular complexity index is 744. The normalized spacial score (nSPS) is 20.5. The molecule has 2 heterocycles. The molecule has 2 N–H and O–H groups in total. The fourth-order valence-electron chi connectivity index (χ4n) is 2.41. The van der Waals surface area contributed by atoms with Crippen molar-refractivity contribution in [3.63, 3.8) is 0 Å². The first-order valence-electron chi connectivity index (χ1n) is 6.90. The van der Waals surface area contributed by atoms with Gasteiger partial charge in [-0.05, 0) is 12.5 Å². The van der Waals surface area contributed by atoms with Gasteiger partial charge < -0.3 is 15.2 Å².